The fraction of sp³-hybridized carbons (Fsp3) is 0.0714. The Morgan fingerprint density at radius 3 is 2.38 bits per heavy atom. The number of aliphatic carboxylic acids is 1. The molecule has 7 nitrogen and oxygen atoms in total. The number of hydrogen-bond donors (Lipinski definition) is 3. The van der Waals surface area contributed by atoms with E-state index in [0.29, 0.717) is 20.4 Å². The smallest absolute Gasteiger partial charge is 0.412 e. The minimum Gasteiger partial charge on any atom is -0.506 e. The van der Waals surface area contributed by atoms with Crippen LogP contribution in [0.5, 0.6) is 11.5 Å². The summed E-state index contributed by atoms with van der Waals surface area (Å²) < 4.78 is 12.8. The van der Waals surface area contributed by atoms with Gasteiger partial charge in [0.15, 0.2) is 12.2 Å². The van der Waals surface area contributed by atoms with Crippen LogP contribution < -0.4 is 10.1 Å². The molecule has 1 amide bonds. The molecule has 0 radical (unpaired) electrons. The summed E-state index contributed by atoms with van der Waals surface area (Å²) in [4.78, 5) is 24.5. The maximum Gasteiger partial charge on any atom is 0.412 e. The van der Waals surface area contributed by atoms with E-state index in [1.807, 2.05) is 36.4 Å². The van der Waals surface area contributed by atoms with E-state index in [4.69, 9.17) is 9.47 Å². The highest BCUT2D eigenvalue weighted by atomic mass is 79.9. The number of carboxylic acids is 1. The molecule has 0 bridgehead atoms. The van der Waals surface area contributed by atoms with Crippen LogP contribution in [0.2, 0.25) is 0 Å². The summed E-state index contributed by atoms with van der Waals surface area (Å²) in [5.41, 5.74) is 0.730. The Morgan fingerprint density at radius 2 is 1.62 bits per heavy atom. The predicted octanol–water partition coefficient (Wildman–Crippen LogP) is 7.45. The van der Waals surface area contributed by atoms with Crippen molar-refractivity contribution in [1.82, 2.24) is 0 Å². The summed E-state index contributed by atoms with van der Waals surface area (Å²) in [7, 11) is 0. The van der Waals surface area contributed by atoms with Gasteiger partial charge < -0.3 is 19.7 Å². The molecule has 188 valence electrons. The number of rotatable bonds is 8. The third-order valence-corrected chi connectivity index (χ3v) is 6.43. The summed E-state index contributed by atoms with van der Waals surface area (Å²) in [6.07, 6.45) is -0.999. The lowest BCUT2D eigenvalue weighted by Gasteiger charge is -2.27. The number of anilines is 1. The zero-order valence-corrected chi connectivity index (χ0v) is 22.3. The maximum atomic E-state index is 13.2. The molecule has 0 aromatic heterocycles. The highest BCUT2D eigenvalue weighted by Gasteiger charge is 2.31. The highest BCUT2D eigenvalue weighted by Crippen LogP contribution is 2.39. The minimum absolute atomic E-state index is 0.184. The molecule has 0 aliphatic carbocycles. The van der Waals surface area contributed by atoms with Crippen LogP contribution in [0, 0.1) is 0 Å². The fourth-order valence-corrected chi connectivity index (χ4v) is 4.99. The van der Waals surface area contributed by atoms with Gasteiger partial charge in [-0.2, -0.15) is 0 Å². The Labute approximate surface area is 229 Å². The molecule has 0 fully saturated rings. The largest absolute Gasteiger partial charge is 0.506 e. The normalized spacial score (nSPS) is 12.7. The van der Waals surface area contributed by atoms with Crippen LogP contribution in [0.4, 0.5) is 10.5 Å². The first-order valence-electron chi connectivity index (χ1n) is 11.1. The van der Waals surface area contributed by atoms with Crippen LogP contribution in [0.3, 0.4) is 0 Å². The molecule has 9 heteroatoms. The van der Waals surface area contributed by atoms with Gasteiger partial charge in [-0.3, -0.25) is 5.32 Å². The van der Waals surface area contributed by atoms with Crippen molar-refractivity contribution in [3.8, 4) is 11.5 Å². The lowest BCUT2D eigenvalue weighted by molar-refractivity contribution is -0.131. The van der Waals surface area contributed by atoms with Gasteiger partial charge in [-0.25, -0.2) is 9.59 Å². The molecule has 0 aliphatic heterocycles. The molecular weight excluding hydrogens is 606 g/mol. The Kier molecular flexibility index (Phi) is 8.47. The molecule has 0 saturated carbocycles. The van der Waals surface area contributed by atoms with Gasteiger partial charge in [0.2, 0.25) is 0 Å². The Morgan fingerprint density at radius 1 is 0.919 bits per heavy atom. The van der Waals surface area contributed by atoms with E-state index < -0.39 is 24.3 Å². The summed E-state index contributed by atoms with van der Waals surface area (Å²) in [5.74, 6) is -0.976. The molecule has 0 heterocycles. The van der Waals surface area contributed by atoms with Crippen molar-refractivity contribution in [3.63, 3.8) is 0 Å². The van der Waals surface area contributed by atoms with Gasteiger partial charge in [-0.05, 0) is 57.7 Å². The van der Waals surface area contributed by atoms with Gasteiger partial charge in [0.25, 0.3) is 0 Å². The molecule has 0 aliphatic rings. The Balaban J connectivity index is 1.73. The average molecular weight is 627 g/mol. The van der Waals surface area contributed by atoms with Gasteiger partial charge in [0, 0.05) is 21.5 Å². The first-order chi connectivity index (χ1) is 17.8. The second-order valence-electron chi connectivity index (χ2n) is 7.90. The van der Waals surface area contributed by atoms with Crippen LogP contribution in [0.15, 0.2) is 106 Å². The molecule has 4 aromatic rings. The zero-order valence-electron chi connectivity index (χ0n) is 19.2. The quantitative estimate of drug-likeness (QED) is 0.175. The summed E-state index contributed by atoms with van der Waals surface area (Å²) in [6.45, 7) is 0. The number of carbonyl (C=O) groups excluding carboxylic acids is 1. The first-order valence-corrected chi connectivity index (χ1v) is 12.7. The number of carbonyl (C=O) groups is 2. The zero-order chi connectivity index (χ0) is 26.4. The number of hydrogen-bond acceptors (Lipinski definition) is 5. The first kappa shape index (κ1) is 26.2. The van der Waals surface area contributed by atoms with E-state index in [-0.39, 0.29) is 11.3 Å². The number of nitrogens with one attached hydrogen (secondary N) is 1. The third-order valence-electron chi connectivity index (χ3n) is 5.37. The molecule has 0 unspecified atom stereocenters. The van der Waals surface area contributed by atoms with Crippen LogP contribution >= 0.6 is 31.9 Å². The third kappa shape index (κ3) is 6.69. The van der Waals surface area contributed by atoms with Crippen LogP contribution in [0.25, 0.3) is 10.8 Å². The van der Waals surface area contributed by atoms with E-state index in [9.17, 15) is 19.8 Å². The number of phenolic OH excluding ortho intramolecular Hbond substituents is 1. The standard InChI is InChI=1S/C28H21Br2NO6/c29-18-15-21(26(34)22(30)16-18)27(24(13-14-25(32)33)36-19-9-2-1-3-10-19)37-28(35)31-23-12-6-8-17-7-4-5-11-20(17)23/h1-16,24,27,34H,(H,31,35)(H,32,33)/b14-13+/t24-,27-/m0/s1. The number of phenols is 1. The summed E-state index contributed by atoms with van der Waals surface area (Å²) >= 11 is 6.69. The summed E-state index contributed by atoms with van der Waals surface area (Å²) in [5, 5.41) is 24.6. The molecule has 4 rings (SSSR count). The van der Waals surface area contributed by atoms with E-state index in [0.717, 1.165) is 16.8 Å². The molecule has 4 aromatic carbocycles. The number of benzene rings is 4. The molecule has 2 atom stereocenters. The predicted molar refractivity (Wildman–Crippen MR) is 148 cm³/mol. The van der Waals surface area contributed by atoms with Crippen molar-refractivity contribution in [2.45, 2.75) is 12.2 Å². The summed E-state index contributed by atoms with van der Waals surface area (Å²) in [6, 6.07) is 24.9. The van der Waals surface area contributed by atoms with E-state index in [1.165, 1.54) is 6.08 Å². The number of para-hydroxylation sites is 1. The number of carboxylic acid groups (broad SMARTS) is 1. The van der Waals surface area contributed by atoms with Gasteiger partial charge in [0.05, 0.1) is 10.2 Å². The van der Waals surface area contributed by atoms with Crippen molar-refractivity contribution in [2.75, 3.05) is 5.32 Å². The van der Waals surface area contributed by atoms with Crippen LogP contribution in [0.1, 0.15) is 11.7 Å². The minimum atomic E-state index is -1.24. The highest BCUT2D eigenvalue weighted by molar-refractivity contribution is 9.11. The molecule has 3 N–H and O–H groups in total. The average Bonchev–Trinajstić information content (AvgIpc) is 2.88. The van der Waals surface area contributed by atoms with E-state index in [2.05, 4.69) is 37.2 Å². The second kappa shape index (κ2) is 11.9. The van der Waals surface area contributed by atoms with E-state index >= 15 is 0 Å². The van der Waals surface area contributed by atoms with E-state index in [1.54, 1.807) is 48.5 Å². The Hall–Kier alpha value is -3.82. The van der Waals surface area contributed by atoms with Crippen molar-refractivity contribution in [2.24, 2.45) is 0 Å². The van der Waals surface area contributed by atoms with Crippen LogP contribution in [-0.2, 0) is 9.53 Å². The molecular formula is C28H21Br2NO6. The SMILES string of the molecule is O=C(O)/C=C/[C@H](Oc1ccccc1)[C@@H](OC(=O)Nc1cccc2ccccc12)c1cc(Br)cc(Br)c1O. The second-order valence-corrected chi connectivity index (χ2v) is 9.67. The van der Waals surface area contributed by atoms with Gasteiger partial charge in [-0.15, -0.1) is 0 Å². The molecule has 0 spiro atoms. The van der Waals surface area contributed by atoms with Gasteiger partial charge >= 0.3 is 12.1 Å². The fourth-order valence-electron chi connectivity index (χ4n) is 3.73. The van der Waals surface area contributed by atoms with Gasteiger partial charge in [0.1, 0.15) is 11.5 Å². The van der Waals surface area contributed by atoms with Crippen LogP contribution in [-0.4, -0.2) is 28.4 Å². The number of aromatic hydroxyl groups is 1. The molecule has 37 heavy (non-hydrogen) atoms. The number of amides is 1. The number of fused-ring (bicyclic) bond motifs is 1. The van der Waals surface area contributed by atoms with Crippen molar-refractivity contribution < 1.29 is 29.3 Å². The monoisotopic (exact) mass is 625 g/mol. The Bertz CT molecular complexity index is 1450. The number of ether oxygens (including phenoxy) is 2. The number of halogens is 2. The molecule has 0 saturated heterocycles. The van der Waals surface area contributed by atoms with Crippen molar-refractivity contribution in [1.29, 1.82) is 0 Å². The topological polar surface area (TPSA) is 105 Å². The van der Waals surface area contributed by atoms with Crippen molar-refractivity contribution >= 4 is 60.4 Å². The lowest BCUT2D eigenvalue weighted by Crippen LogP contribution is -2.30. The maximum absolute atomic E-state index is 13.2. The lowest BCUT2D eigenvalue weighted by atomic mass is 10.0. The van der Waals surface area contributed by atoms with Crippen molar-refractivity contribution in [3.05, 3.63) is 112 Å². The van der Waals surface area contributed by atoms with Gasteiger partial charge in [-0.1, -0.05) is 70.5 Å².